The number of aliphatic hydroxyl groups is 1. The van der Waals surface area contributed by atoms with E-state index in [0.717, 1.165) is 35.7 Å². The molecule has 2 aromatic rings. The number of aliphatic hydroxyl groups excluding tert-OH is 1. The Morgan fingerprint density at radius 3 is 2.57 bits per heavy atom. The first-order chi connectivity index (χ1) is 10.2. The van der Waals surface area contributed by atoms with Crippen LogP contribution in [-0.2, 0) is 0 Å². The number of benzene rings is 1. The summed E-state index contributed by atoms with van der Waals surface area (Å²) in [7, 11) is 0. The number of hydrogen-bond acceptors (Lipinski definition) is 3. The molecule has 0 aliphatic rings. The second-order valence-corrected chi connectivity index (χ2v) is 5.62. The molecule has 0 amide bonds. The van der Waals surface area contributed by atoms with Crippen molar-refractivity contribution in [3.05, 3.63) is 64.9 Å². The van der Waals surface area contributed by atoms with Gasteiger partial charge in [0.25, 0.3) is 0 Å². The van der Waals surface area contributed by atoms with Crippen LogP contribution in [0.5, 0.6) is 0 Å². The number of nitrogens with zero attached hydrogens (tertiary/aromatic N) is 1. The molecular weight excluding hydrogens is 284 g/mol. The normalized spacial score (nSPS) is 13.9. The molecule has 0 aliphatic carbocycles. The van der Waals surface area contributed by atoms with E-state index in [1.54, 1.807) is 6.20 Å². The Morgan fingerprint density at radius 2 is 1.95 bits per heavy atom. The molecule has 0 radical (unpaired) electrons. The molecule has 0 spiro atoms. The van der Waals surface area contributed by atoms with Gasteiger partial charge < -0.3 is 10.4 Å². The van der Waals surface area contributed by atoms with Crippen molar-refractivity contribution in [1.82, 2.24) is 10.3 Å². The van der Waals surface area contributed by atoms with Crippen LogP contribution in [0.1, 0.15) is 37.1 Å². The lowest BCUT2D eigenvalue weighted by Gasteiger charge is -2.19. The Bertz CT molecular complexity index is 528. The molecule has 1 heterocycles. The van der Waals surface area contributed by atoms with Gasteiger partial charge in [0.15, 0.2) is 0 Å². The molecule has 1 aromatic carbocycles. The van der Waals surface area contributed by atoms with Gasteiger partial charge in [-0.2, -0.15) is 0 Å². The van der Waals surface area contributed by atoms with Gasteiger partial charge in [-0.3, -0.25) is 4.98 Å². The average Bonchev–Trinajstić information content (AvgIpc) is 2.49. The molecule has 4 heteroatoms. The van der Waals surface area contributed by atoms with Gasteiger partial charge in [0, 0.05) is 11.2 Å². The maximum atomic E-state index is 9.33. The van der Waals surface area contributed by atoms with Crippen molar-refractivity contribution in [2.24, 2.45) is 0 Å². The van der Waals surface area contributed by atoms with Gasteiger partial charge in [-0.05, 0) is 56.1 Å². The van der Waals surface area contributed by atoms with Gasteiger partial charge >= 0.3 is 0 Å². The molecule has 0 bridgehead atoms. The summed E-state index contributed by atoms with van der Waals surface area (Å²) < 4.78 is 0. The fraction of sp³-hybridized carbons (Fsp3) is 0.353. The molecule has 2 rings (SSSR count). The average molecular weight is 305 g/mol. The Morgan fingerprint density at radius 1 is 1.19 bits per heavy atom. The van der Waals surface area contributed by atoms with Crippen LogP contribution in [0.15, 0.2) is 48.7 Å². The van der Waals surface area contributed by atoms with Crippen LogP contribution in [0.3, 0.4) is 0 Å². The Balaban J connectivity index is 2.09. The van der Waals surface area contributed by atoms with Crippen LogP contribution in [0.25, 0.3) is 0 Å². The summed E-state index contributed by atoms with van der Waals surface area (Å²) in [5, 5.41) is 13.6. The fourth-order valence-corrected chi connectivity index (χ4v) is 2.37. The van der Waals surface area contributed by atoms with E-state index in [0.29, 0.717) is 0 Å². The number of rotatable bonds is 7. The quantitative estimate of drug-likeness (QED) is 0.769. The molecule has 2 atom stereocenters. The molecule has 21 heavy (non-hydrogen) atoms. The third-order valence-corrected chi connectivity index (χ3v) is 3.59. The van der Waals surface area contributed by atoms with E-state index >= 15 is 0 Å². The lowest BCUT2D eigenvalue weighted by Crippen LogP contribution is -2.25. The summed E-state index contributed by atoms with van der Waals surface area (Å²) in [5.41, 5.74) is 2.12. The minimum atomic E-state index is -0.254. The van der Waals surface area contributed by atoms with Crippen LogP contribution in [0.4, 0.5) is 0 Å². The highest BCUT2D eigenvalue weighted by Crippen LogP contribution is 2.22. The molecule has 0 saturated heterocycles. The van der Waals surface area contributed by atoms with Gasteiger partial charge in [-0.15, -0.1) is 0 Å². The first-order valence-corrected chi connectivity index (χ1v) is 7.62. The zero-order chi connectivity index (χ0) is 15.1. The van der Waals surface area contributed by atoms with Gasteiger partial charge in [-0.25, -0.2) is 0 Å². The van der Waals surface area contributed by atoms with Crippen LogP contribution < -0.4 is 5.32 Å². The maximum Gasteiger partial charge on any atom is 0.0751 e. The van der Waals surface area contributed by atoms with Crippen molar-refractivity contribution in [2.75, 3.05) is 6.54 Å². The summed E-state index contributed by atoms with van der Waals surface area (Å²) in [5.74, 6) is 0. The highest BCUT2D eigenvalue weighted by Gasteiger charge is 2.14. The second-order valence-electron chi connectivity index (χ2n) is 5.18. The van der Waals surface area contributed by atoms with E-state index in [1.165, 1.54) is 0 Å². The molecule has 2 N–H and O–H groups in total. The van der Waals surface area contributed by atoms with Crippen LogP contribution in [-0.4, -0.2) is 22.7 Å². The summed E-state index contributed by atoms with van der Waals surface area (Å²) in [6.45, 7) is 2.64. The van der Waals surface area contributed by atoms with Crippen LogP contribution in [0.2, 0.25) is 5.02 Å². The minimum absolute atomic E-state index is 0.0393. The number of nitrogens with one attached hydrogen (secondary N) is 1. The smallest absolute Gasteiger partial charge is 0.0751 e. The molecular formula is C17H21ClN2O. The number of halogens is 1. The third kappa shape index (κ3) is 5.12. The summed E-state index contributed by atoms with van der Waals surface area (Å²) >= 11 is 5.96. The number of hydrogen-bond donors (Lipinski definition) is 2. The topological polar surface area (TPSA) is 45.1 Å². The summed E-state index contributed by atoms with van der Waals surface area (Å²) in [6.07, 6.45) is 3.27. The SMILES string of the molecule is CC(O)CCCNC(c1ccc(Cl)cc1)c1ccccn1. The number of pyridine rings is 1. The van der Waals surface area contributed by atoms with E-state index < -0.39 is 0 Å². The minimum Gasteiger partial charge on any atom is -0.393 e. The second kappa shape index (κ2) is 8.13. The van der Waals surface area contributed by atoms with Gasteiger partial charge in [0.2, 0.25) is 0 Å². The number of aromatic nitrogens is 1. The van der Waals surface area contributed by atoms with E-state index in [-0.39, 0.29) is 12.1 Å². The van der Waals surface area contributed by atoms with Crippen LogP contribution in [0, 0.1) is 0 Å². The van der Waals surface area contributed by atoms with Crippen molar-refractivity contribution in [2.45, 2.75) is 31.9 Å². The van der Waals surface area contributed by atoms with Crippen molar-refractivity contribution in [1.29, 1.82) is 0 Å². The molecule has 1 aromatic heterocycles. The van der Waals surface area contributed by atoms with Crippen molar-refractivity contribution < 1.29 is 5.11 Å². The monoisotopic (exact) mass is 304 g/mol. The van der Waals surface area contributed by atoms with Crippen molar-refractivity contribution in [3.63, 3.8) is 0 Å². The Labute approximate surface area is 131 Å². The highest BCUT2D eigenvalue weighted by molar-refractivity contribution is 6.30. The Kier molecular flexibility index (Phi) is 6.18. The lowest BCUT2D eigenvalue weighted by molar-refractivity contribution is 0.181. The van der Waals surface area contributed by atoms with Crippen molar-refractivity contribution in [3.8, 4) is 0 Å². The van der Waals surface area contributed by atoms with E-state index in [2.05, 4.69) is 10.3 Å². The predicted molar refractivity (Wildman–Crippen MR) is 86.4 cm³/mol. The largest absolute Gasteiger partial charge is 0.393 e. The van der Waals surface area contributed by atoms with Gasteiger partial charge in [0.05, 0.1) is 17.8 Å². The maximum absolute atomic E-state index is 9.33. The van der Waals surface area contributed by atoms with E-state index in [1.807, 2.05) is 49.4 Å². The Hall–Kier alpha value is -1.42. The lowest BCUT2D eigenvalue weighted by atomic mass is 10.0. The standard InChI is InChI=1S/C17H21ClN2O/c1-13(21)5-4-12-20-17(16-6-2-3-11-19-16)14-7-9-15(18)10-8-14/h2-3,6-11,13,17,20-21H,4-5,12H2,1H3. The first-order valence-electron chi connectivity index (χ1n) is 7.24. The molecule has 2 unspecified atom stereocenters. The van der Waals surface area contributed by atoms with Gasteiger partial charge in [0.1, 0.15) is 0 Å². The predicted octanol–water partition coefficient (Wildman–Crippen LogP) is 3.58. The molecule has 0 aliphatic heterocycles. The third-order valence-electron chi connectivity index (χ3n) is 3.33. The zero-order valence-corrected chi connectivity index (χ0v) is 12.9. The zero-order valence-electron chi connectivity index (χ0n) is 12.2. The van der Waals surface area contributed by atoms with Crippen LogP contribution >= 0.6 is 11.6 Å². The summed E-state index contributed by atoms with van der Waals surface area (Å²) in [6, 6.07) is 13.8. The van der Waals surface area contributed by atoms with Gasteiger partial charge in [-0.1, -0.05) is 29.8 Å². The van der Waals surface area contributed by atoms with E-state index in [9.17, 15) is 5.11 Å². The molecule has 0 fully saturated rings. The highest BCUT2D eigenvalue weighted by atomic mass is 35.5. The summed E-state index contributed by atoms with van der Waals surface area (Å²) in [4.78, 5) is 4.45. The fourth-order valence-electron chi connectivity index (χ4n) is 2.24. The first kappa shape index (κ1) is 16.0. The van der Waals surface area contributed by atoms with E-state index in [4.69, 9.17) is 11.6 Å². The molecule has 3 nitrogen and oxygen atoms in total. The molecule has 0 saturated carbocycles. The molecule has 112 valence electrons. The van der Waals surface area contributed by atoms with Crippen molar-refractivity contribution >= 4 is 11.6 Å².